The van der Waals surface area contributed by atoms with Crippen molar-refractivity contribution in [1.29, 1.82) is 0 Å². The number of halogens is 1. The molecule has 1 atom stereocenters. The van der Waals surface area contributed by atoms with Crippen molar-refractivity contribution in [1.82, 2.24) is 14.5 Å². The van der Waals surface area contributed by atoms with Crippen LogP contribution in [0.1, 0.15) is 31.2 Å². The molecule has 1 aromatic rings. The first-order valence-electron chi connectivity index (χ1n) is 9.55. The molecule has 2 fully saturated rings. The maximum Gasteiger partial charge on any atom is 0.224 e. The number of benzene rings is 1. The molecule has 1 unspecified atom stereocenters. The molecule has 8 heteroatoms. The predicted molar refractivity (Wildman–Crippen MR) is 107 cm³/mol. The summed E-state index contributed by atoms with van der Waals surface area (Å²) in [6.07, 6.45) is 3.35. The van der Waals surface area contributed by atoms with Crippen molar-refractivity contribution < 1.29 is 13.2 Å². The van der Waals surface area contributed by atoms with Crippen LogP contribution in [-0.2, 0) is 20.6 Å². The molecule has 1 N–H and O–H groups in total. The zero-order valence-corrected chi connectivity index (χ0v) is 17.3. The first kappa shape index (κ1) is 20.6. The number of sulfonamides is 1. The second-order valence-corrected chi connectivity index (χ2v) is 10.1. The third-order valence-electron chi connectivity index (χ3n) is 5.45. The fraction of sp³-hybridized carbons (Fsp3) is 0.632. The average molecular weight is 414 g/mol. The minimum atomic E-state index is -3.47. The Morgan fingerprint density at radius 2 is 1.96 bits per heavy atom. The van der Waals surface area contributed by atoms with Gasteiger partial charge in [0.25, 0.3) is 0 Å². The lowest BCUT2D eigenvalue weighted by molar-refractivity contribution is -0.127. The zero-order valence-electron chi connectivity index (χ0n) is 15.7. The van der Waals surface area contributed by atoms with Gasteiger partial charge in [-0.1, -0.05) is 23.7 Å². The van der Waals surface area contributed by atoms with Crippen LogP contribution in [0.25, 0.3) is 0 Å². The van der Waals surface area contributed by atoms with Gasteiger partial charge >= 0.3 is 0 Å². The molecule has 6 nitrogen and oxygen atoms in total. The van der Waals surface area contributed by atoms with E-state index in [0.29, 0.717) is 23.6 Å². The summed E-state index contributed by atoms with van der Waals surface area (Å²) in [5.41, 5.74) is 0.667. The highest BCUT2D eigenvalue weighted by molar-refractivity contribution is 7.88. The number of hydrogen-bond acceptors (Lipinski definition) is 4. The van der Waals surface area contributed by atoms with Crippen molar-refractivity contribution >= 4 is 27.5 Å². The number of carbonyl (C=O) groups excluding carboxylic acids is 1. The molecule has 0 spiro atoms. The lowest BCUT2D eigenvalue weighted by atomic mass is 9.97. The van der Waals surface area contributed by atoms with Crippen LogP contribution in [0.3, 0.4) is 0 Å². The van der Waals surface area contributed by atoms with E-state index in [0.717, 1.165) is 32.4 Å². The van der Waals surface area contributed by atoms with Crippen molar-refractivity contribution in [3.05, 3.63) is 34.9 Å². The summed E-state index contributed by atoms with van der Waals surface area (Å²) >= 11 is 5.96. The maximum absolute atomic E-state index is 12.8. The summed E-state index contributed by atoms with van der Waals surface area (Å²) in [5, 5.41) is 3.66. The van der Waals surface area contributed by atoms with Crippen LogP contribution in [0.5, 0.6) is 0 Å². The van der Waals surface area contributed by atoms with Crippen molar-refractivity contribution in [2.75, 3.05) is 33.2 Å². The molecule has 2 aliphatic heterocycles. The van der Waals surface area contributed by atoms with Crippen molar-refractivity contribution in [2.45, 2.75) is 37.5 Å². The van der Waals surface area contributed by atoms with Gasteiger partial charge in [-0.2, -0.15) is 0 Å². The fourth-order valence-electron chi connectivity index (χ4n) is 3.81. The molecule has 0 saturated carbocycles. The Labute approximate surface area is 166 Å². The van der Waals surface area contributed by atoms with E-state index in [1.54, 1.807) is 24.3 Å². The smallest absolute Gasteiger partial charge is 0.224 e. The molecule has 27 heavy (non-hydrogen) atoms. The summed E-state index contributed by atoms with van der Waals surface area (Å²) in [5.74, 6) is -0.364. The highest BCUT2D eigenvalue weighted by Gasteiger charge is 2.33. The minimum absolute atomic E-state index is 0.00721. The molecule has 2 heterocycles. The van der Waals surface area contributed by atoms with Crippen LogP contribution in [0.15, 0.2) is 24.3 Å². The molecule has 0 aliphatic carbocycles. The first-order valence-corrected chi connectivity index (χ1v) is 11.5. The average Bonchev–Trinajstić information content (AvgIpc) is 2.63. The Hall–Kier alpha value is -1.15. The Balaban J connectivity index is 1.58. The number of amides is 1. The second-order valence-electron chi connectivity index (χ2n) is 7.67. The van der Waals surface area contributed by atoms with Gasteiger partial charge in [-0.3, -0.25) is 4.79 Å². The van der Waals surface area contributed by atoms with Crippen LogP contribution in [0, 0.1) is 5.92 Å². The lowest BCUT2D eigenvalue weighted by Crippen LogP contribution is -2.49. The van der Waals surface area contributed by atoms with Gasteiger partial charge in [0.2, 0.25) is 15.9 Å². The van der Waals surface area contributed by atoms with Gasteiger partial charge in [0.1, 0.15) is 0 Å². The van der Waals surface area contributed by atoms with E-state index < -0.39 is 10.0 Å². The van der Waals surface area contributed by atoms with E-state index in [4.69, 9.17) is 11.6 Å². The Bertz CT molecular complexity index is 763. The first-order chi connectivity index (χ1) is 12.8. The van der Waals surface area contributed by atoms with Gasteiger partial charge in [-0.05, 0) is 63.5 Å². The summed E-state index contributed by atoms with van der Waals surface area (Å²) in [6, 6.07) is 7.11. The van der Waals surface area contributed by atoms with E-state index in [2.05, 4.69) is 17.3 Å². The van der Waals surface area contributed by atoms with Crippen molar-refractivity contribution in [3.63, 3.8) is 0 Å². The third-order valence-corrected chi connectivity index (χ3v) is 7.50. The predicted octanol–water partition coefficient (Wildman–Crippen LogP) is 2.09. The molecular formula is C19H28ClN3O3S. The fourth-order valence-corrected chi connectivity index (χ4v) is 5.62. The molecule has 0 bridgehead atoms. The maximum atomic E-state index is 12.8. The molecule has 2 aliphatic rings. The number of nitrogens with zero attached hydrogens (tertiary/aromatic N) is 2. The summed E-state index contributed by atoms with van der Waals surface area (Å²) in [4.78, 5) is 14.9. The molecular weight excluding hydrogens is 386 g/mol. The Morgan fingerprint density at radius 1 is 1.22 bits per heavy atom. The normalized spacial score (nSPS) is 23.3. The molecule has 3 rings (SSSR count). The minimum Gasteiger partial charge on any atom is -0.353 e. The zero-order chi connectivity index (χ0) is 19.4. The number of carbonyl (C=O) groups is 1. The van der Waals surface area contributed by atoms with Gasteiger partial charge in [0, 0.05) is 24.2 Å². The van der Waals surface area contributed by atoms with Gasteiger partial charge in [0.05, 0.1) is 11.7 Å². The highest BCUT2D eigenvalue weighted by atomic mass is 35.5. The lowest BCUT2D eigenvalue weighted by Gasteiger charge is -2.34. The molecule has 0 radical (unpaired) electrons. The van der Waals surface area contributed by atoms with E-state index in [9.17, 15) is 13.2 Å². The van der Waals surface area contributed by atoms with E-state index >= 15 is 0 Å². The van der Waals surface area contributed by atoms with E-state index in [1.165, 1.54) is 4.31 Å². The van der Waals surface area contributed by atoms with Crippen LogP contribution >= 0.6 is 11.6 Å². The van der Waals surface area contributed by atoms with Crippen molar-refractivity contribution in [3.8, 4) is 0 Å². The topological polar surface area (TPSA) is 69.7 Å². The Morgan fingerprint density at radius 3 is 2.67 bits per heavy atom. The molecule has 150 valence electrons. The van der Waals surface area contributed by atoms with Crippen LogP contribution in [0.4, 0.5) is 0 Å². The molecule has 1 aromatic carbocycles. The van der Waals surface area contributed by atoms with Gasteiger partial charge in [-0.25, -0.2) is 12.7 Å². The third kappa shape index (κ3) is 5.67. The van der Waals surface area contributed by atoms with Crippen LogP contribution in [-0.4, -0.2) is 62.8 Å². The van der Waals surface area contributed by atoms with Crippen molar-refractivity contribution in [2.24, 2.45) is 5.92 Å². The summed E-state index contributed by atoms with van der Waals surface area (Å²) in [7, 11) is -1.39. The second kappa shape index (κ2) is 8.90. The summed E-state index contributed by atoms with van der Waals surface area (Å²) in [6.45, 7) is 2.70. The molecule has 2 saturated heterocycles. The van der Waals surface area contributed by atoms with Gasteiger partial charge in [-0.15, -0.1) is 0 Å². The van der Waals surface area contributed by atoms with E-state index in [1.807, 2.05) is 0 Å². The molecule has 0 aromatic heterocycles. The monoisotopic (exact) mass is 413 g/mol. The number of nitrogens with one attached hydrogen (secondary N) is 1. The highest BCUT2D eigenvalue weighted by Crippen LogP contribution is 2.23. The number of piperidine rings is 2. The standard InChI is InChI=1S/C19H28ClN3O3S/c1-22-10-7-18(8-11-22)21-19(24)16-5-3-9-23(13-16)27(25,26)14-15-4-2-6-17(20)12-15/h2,4,6,12,16,18H,3,5,7-11,13-14H2,1H3,(H,21,24). The quantitative estimate of drug-likeness (QED) is 0.802. The van der Waals surface area contributed by atoms with Crippen LogP contribution in [0.2, 0.25) is 5.02 Å². The number of likely N-dealkylation sites (tertiary alicyclic amines) is 1. The van der Waals surface area contributed by atoms with Crippen LogP contribution < -0.4 is 5.32 Å². The Kier molecular flexibility index (Phi) is 6.78. The number of hydrogen-bond donors (Lipinski definition) is 1. The SMILES string of the molecule is CN1CCC(NC(=O)C2CCCN(S(=O)(=O)Cc3cccc(Cl)c3)C2)CC1. The van der Waals surface area contributed by atoms with Gasteiger partial charge < -0.3 is 10.2 Å². The van der Waals surface area contributed by atoms with Gasteiger partial charge in [0.15, 0.2) is 0 Å². The largest absolute Gasteiger partial charge is 0.353 e. The number of rotatable bonds is 5. The summed E-state index contributed by atoms with van der Waals surface area (Å²) < 4.78 is 27.1. The van der Waals surface area contributed by atoms with E-state index in [-0.39, 0.29) is 30.2 Å². The molecule has 1 amide bonds.